The predicted molar refractivity (Wildman–Crippen MR) is 62.8 cm³/mol. The second-order valence-electron chi connectivity index (χ2n) is 3.08. The van der Waals surface area contributed by atoms with Crippen LogP contribution >= 0.6 is 0 Å². The van der Waals surface area contributed by atoms with Crippen molar-refractivity contribution in [2.45, 2.75) is 0 Å². The molecule has 0 heterocycles. The minimum absolute atomic E-state index is 0. The van der Waals surface area contributed by atoms with Gasteiger partial charge in [-0.15, -0.1) is 0 Å². The number of aromatic carboxylic acids is 1. The molecule has 0 amide bonds. The molecule has 25 heavy (non-hydrogen) atoms. The molecule has 0 saturated heterocycles. The van der Waals surface area contributed by atoms with Crippen molar-refractivity contribution in [3.8, 4) is 0 Å². The first kappa shape index (κ1) is 32.4. The van der Waals surface area contributed by atoms with Gasteiger partial charge in [-0.3, -0.25) is 0 Å². The van der Waals surface area contributed by atoms with Crippen molar-refractivity contribution in [1.29, 1.82) is 0 Å². The van der Waals surface area contributed by atoms with Gasteiger partial charge < -0.3 is 56.9 Å². The summed E-state index contributed by atoms with van der Waals surface area (Å²) in [7, 11) is -18.0. The molecule has 0 fully saturated rings. The van der Waals surface area contributed by atoms with Crippen molar-refractivity contribution in [2.75, 3.05) is 0 Å². The molecule has 0 saturated carbocycles. The first-order valence-corrected chi connectivity index (χ1v) is 5.12. The van der Waals surface area contributed by atoms with Gasteiger partial charge in [0.2, 0.25) is 0 Å². The molecule has 0 aliphatic carbocycles. The Kier molecular flexibility index (Phi) is 19.2. The van der Waals surface area contributed by atoms with E-state index in [1.807, 2.05) is 0 Å². The molecule has 18 heteroatoms. The van der Waals surface area contributed by atoms with E-state index < -0.39 is 27.7 Å². The monoisotopic (exact) mass is 421 g/mol. The van der Waals surface area contributed by atoms with E-state index in [0.717, 1.165) is 0 Å². The Morgan fingerprint density at radius 2 is 0.920 bits per heavy atom. The molecule has 0 aliphatic rings. The molecule has 0 atom stereocenters. The minimum Gasteiger partial charge on any atom is -0.479 e. The summed E-state index contributed by atoms with van der Waals surface area (Å²) in [4.78, 5) is 10.2. The molecule has 0 spiro atoms. The Morgan fingerprint density at radius 3 is 1.04 bits per heavy atom. The number of hydrogen-bond acceptors (Lipinski definition) is 1. The maximum atomic E-state index is 10.2. The Balaban J connectivity index is -0.000000122. The summed E-state index contributed by atoms with van der Waals surface area (Å²) in [6, 6.07) is 8.87. The number of carbonyl (C=O) groups is 1. The van der Waals surface area contributed by atoms with Crippen LogP contribution in [0.4, 0.5) is 51.8 Å². The first-order chi connectivity index (χ1) is 10.3. The molecule has 0 bridgehead atoms. The van der Waals surface area contributed by atoms with Gasteiger partial charge in [-0.2, -0.15) is 30.3 Å². The largest absolute Gasteiger partial charge is 1.00 e. The van der Waals surface area contributed by atoms with Crippen LogP contribution in [0.3, 0.4) is 0 Å². The fraction of sp³-hybridized carbons (Fsp3) is 0. The van der Waals surface area contributed by atoms with E-state index in [4.69, 9.17) is 5.11 Å². The standard InChI is InChI=1S/C7H5O2.3BF4.K/c8-7(9)6-4-2-1-3-5-6;3*2-1(3,4)5;/h2-5H,(H,8,9);;;;/q4*-1;+1. The molecular weight excluding hydrogens is 416 g/mol. The average Bonchev–Trinajstić information content (AvgIpc) is 2.23. The molecule has 0 radical (unpaired) electrons. The van der Waals surface area contributed by atoms with Crippen LogP contribution in [0, 0.1) is 6.07 Å². The molecule has 2 nitrogen and oxygen atoms in total. The van der Waals surface area contributed by atoms with Gasteiger partial charge >= 0.3 is 79.1 Å². The molecule has 0 aliphatic heterocycles. The molecule has 1 rings (SSSR count). The quantitative estimate of drug-likeness (QED) is 0.429. The molecule has 0 unspecified atom stereocenters. The molecule has 1 aromatic rings. The van der Waals surface area contributed by atoms with Crippen molar-refractivity contribution >= 4 is 27.7 Å². The summed E-state index contributed by atoms with van der Waals surface area (Å²) in [6.07, 6.45) is 0. The summed E-state index contributed by atoms with van der Waals surface area (Å²) in [5.74, 6) is -0.899. The summed E-state index contributed by atoms with van der Waals surface area (Å²) in [5, 5.41) is 8.37. The van der Waals surface area contributed by atoms with Crippen LogP contribution in [0.5, 0.6) is 0 Å². The van der Waals surface area contributed by atoms with Gasteiger partial charge in [0.05, 0.1) is 0 Å². The van der Waals surface area contributed by atoms with E-state index in [1.54, 1.807) is 12.1 Å². The first-order valence-electron chi connectivity index (χ1n) is 5.12. The number of hydrogen-bond donors (Lipinski definition) is 1. The number of benzene rings is 1. The van der Waals surface area contributed by atoms with E-state index in [9.17, 15) is 56.6 Å². The number of carboxylic acid groups (broad SMARTS) is 1. The van der Waals surface area contributed by atoms with Crippen LogP contribution in [0.2, 0.25) is 0 Å². The van der Waals surface area contributed by atoms with Crippen LogP contribution in [-0.2, 0) is 0 Å². The molecule has 0 aromatic heterocycles. The van der Waals surface area contributed by atoms with Gasteiger partial charge in [0, 0.05) is 0 Å². The van der Waals surface area contributed by atoms with E-state index in [1.165, 1.54) is 12.1 Å². The third-order valence-electron chi connectivity index (χ3n) is 0.965. The van der Waals surface area contributed by atoms with E-state index in [0.29, 0.717) is 5.56 Å². The third-order valence-corrected chi connectivity index (χ3v) is 0.965. The van der Waals surface area contributed by atoms with Crippen LogP contribution in [-0.4, -0.2) is 32.8 Å². The Labute approximate surface area is 175 Å². The van der Waals surface area contributed by atoms with Crippen molar-refractivity contribution in [2.24, 2.45) is 0 Å². The van der Waals surface area contributed by atoms with E-state index >= 15 is 0 Å². The number of carboxylic acids is 1. The Morgan fingerprint density at radius 1 is 0.720 bits per heavy atom. The van der Waals surface area contributed by atoms with Crippen molar-refractivity contribution < 1.29 is 113 Å². The Bertz CT molecular complexity index is 402. The normalized spacial score (nSPS) is 10.4. The summed E-state index contributed by atoms with van der Waals surface area (Å²) in [6.45, 7) is 0. The van der Waals surface area contributed by atoms with Gasteiger partial charge in [-0.1, -0.05) is 0 Å². The third kappa shape index (κ3) is 81.6. The maximum Gasteiger partial charge on any atom is 1.00 e. The molecule has 142 valence electrons. The zero-order valence-electron chi connectivity index (χ0n) is 11.9. The SMILES string of the molecule is F[B-](F)(F)F.F[B-](F)(F)F.F[B-](F)(F)F.O=C(O)c1cc[c-]cc1.[K+]. The maximum absolute atomic E-state index is 10.2. The molecule has 1 N–H and O–H groups in total. The summed E-state index contributed by atoms with van der Waals surface area (Å²) < 4.78 is 117. The van der Waals surface area contributed by atoms with Gasteiger partial charge in [0.25, 0.3) is 0 Å². The van der Waals surface area contributed by atoms with Gasteiger partial charge in [-0.25, -0.2) is 4.79 Å². The van der Waals surface area contributed by atoms with Crippen LogP contribution in [0.15, 0.2) is 24.3 Å². The zero-order valence-corrected chi connectivity index (χ0v) is 15.1. The molecular formula is C7H5B3F12KO2-3. The number of halogens is 12. The fourth-order valence-corrected chi connectivity index (χ4v) is 0.529. The van der Waals surface area contributed by atoms with Crippen molar-refractivity contribution in [1.82, 2.24) is 0 Å². The average molecular weight is 421 g/mol. The van der Waals surface area contributed by atoms with Crippen molar-refractivity contribution in [3.05, 3.63) is 35.9 Å². The zero-order chi connectivity index (χ0) is 20.2. The van der Waals surface area contributed by atoms with E-state index in [-0.39, 0.29) is 51.4 Å². The van der Waals surface area contributed by atoms with Gasteiger partial charge in [-0.05, 0) is 5.56 Å². The number of rotatable bonds is 1. The van der Waals surface area contributed by atoms with Crippen LogP contribution < -0.4 is 51.4 Å². The molecule has 1 aromatic carbocycles. The van der Waals surface area contributed by atoms with Crippen LogP contribution in [0.1, 0.15) is 10.4 Å². The van der Waals surface area contributed by atoms with Gasteiger partial charge in [0.1, 0.15) is 0 Å². The smallest absolute Gasteiger partial charge is 0.479 e. The Hall–Kier alpha value is -0.319. The van der Waals surface area contributed by atoms with Crippen LogP contribution in [0.25, 0.3) is 0 Å². The van der Waals surface area contributed by atoms with Crippen molar-refractivity contribution in [3.63, 3.8) is 0 Å². The van der Waals surface area contributed by atoms with Gasteiger partial charge in [0.15, 0.2) is 0 Å². The van der Waals surface area contributed by atoms with E-state index in [2.05, 4.69) is 6.07 Å². The topological polar surface area (TPSA) is 37.3 Å². The predicted octanol–water partition coefficient (Wildman–Crippen LogP) is 2.09. The summed E-state index contributed by atoms with van der Waals surface area (Å²) in [5.41, 5.74) is 0.300. The fourth-order valence-electron chi connectivity index (χ4n) is 0.529. The summed E-state index contributed by atoms with van der Waals surface area (Å²) >= 11 is 0. The minimum atomic E-state index is -6.00. The second kappa shape index (κ2) is 14.8. The second-order valence-corrected chi connectivity index (χ2v) is 3.08.